The van der Waals surface area contributed by atoms with Gasteiger partial charge in [-0.1, -0.05) is 0 Å². The van der Waals surface area contributed by atoms with E-state index in [0.717, 1.165) is 0 Å². The molecular weight excluding hydrogens is 274 g/mol. The third-order valence-corrected chi connectivity index (χ3v) is 3.48. The van der Waals surface area contributed by atoms with Crippen LogP contribution < -0.4 is 5.32 Å². The first-order chi connectivity index (χ1) is 9.85. The monoisotopic (exact) mass is 299 g/mol. The van der Waals surface area contributed by atoms with E-state index < -0.39 is 11.9 Å². The van der Waals surface area contributed by atoms with Gasteiger partial charge < -0.3 is 20.2 Å². The van der Waals surface area contributed by atoms with Gasteiger partial charge >= 0.3 is 12.0 Å². The van der Waals surface area contributed by atoms with Crippen molar-refractivity contribution in [3.63, 3.8) is 0 Å². The number of likely N-dealkylation sites (N-methyl/N-ethyl adjacent to an activating group) is 1. The van der Waals surface area contributed by atoms with Crippen molar-refractivity contribution >= 4 is 17.9 Å². The minimum absolute atomic E-state index is 0.00174. The summed E-state index contributed by atoms with van der Waals surface area (Å²) >= 11 is 0. The maximum atomic E-state index is 12.4. The molecule has 1 atom stereocenters. The molecule has 1 aliphatic heterocycles. The van der Waals surface area contributed by atoms with Crippen LogP contribution in [0.1, 0.15) is 33.6 Å². The molecule has 2 N–H and O–H groups in total. The van der Waals surface area contributed by atoms with E-state index in [1.165, 1.54) is 9.80 Å². The molecule has 1 aliphatic rings. The highest BCUT2D eigenvalue weighted by molar-refractivity contribution is 5.84. The van der Waals surface area contributed by atoms with E-state index in [9.17, 15) is 14.4 Å². The van der Waals surface area contributed by atoms with Gasteiger partial charge in [0.05, 0.1) is 5.92 Å². The van der Waals surface area contributed by atoms with Gasteiger partial charge in [-0.2, -0.15) is 0 Å². The van der Waals surface area contributed by atoms with Crippen LogP contribution in [0.4, 0.5) is 4.79 Å². The molecule has 1 fully saturated rings. The van der Waals surface area contributed by atoms with Crippen molar-refractivity contribution in [1.29, 1.82) is 0 Å². The average molecular weight is 299 g/mol. The maximum absolute atomic E-state index is 12.4. The van der Waals surface area contributed by atoms with Crippen molar-refractivity contribution in [3.05, 3.63) is 0 Å². The van der Waals surface area contributed by atoms with Crippen LogP contribution in [-0.4, -0.2) is 65.0 Å². The third kappa shape index (κ3) is 5.24. The molecule has 0 bridgehead atoms. The summed E-state index contributed by atoms with van der Waals surface area (Å²) in [6.07, 6.45) is 1.28. The van der Waals surface area contributed by atoms with Crippen LogP contribution in [0, 0.1) is 5.92 Å². The first-order valence-electron chi connectivity index (χ1n) is 7.41. The highest BCUT2D eigenvalue weighted by atomic mass is 16.4. The zero-order valence-electron chi connectivity index (χ0n) is 13.0. The fourth-order valence-corrected chi connectivity index (χ4v) is 2.41. The fourth-order valence-electron chi connectivity index (χ4n) is 2.41. The summed E-state index contributed by atoms with van der Waals surface area (Å²) in [6.45, 7) is 6.71. The summed E-state index contributed by atoms with van der Waals surface area (Å²) in [4.78, 5) is 38.2. The first kappa shape index (κ1) is 17.3. The largest absolute Gasteiger partial charge is 0.481 e. The number of aliphatic carboxylic acids is 1. The van der Waals surface area contributed by atoms with Crippen LogP contribution in [0.25, 0.3) is 0 Å². The zero-order chi connectivity index (χ0) is 16.0. The van der Waals surface area contributed by atoms with Gasteiger partial charge in [-0.25, -0.2) is 4.79 Å². The maximum Gasteiger partial charge on any atom is 0.320 e. The molecule has 7 nitrogen and oxygen atoms in total. The first-order valence-corrected chi connectivity index (χ1v) is 7.41. The van der Waals surface area contributed by atoms with Crippen LogP contribution in [-0.2, 0) is 9.59 Å². The van der Waals surface area contributed by atoms with E-state index in [1.807, 2.05) is 13.8 Å². The van der Waals surface area contributed by atoms with Crippen molar-refractivity contribution in [1.82, 2.24) is 15.1 Å². The second kappa shape index (κ2) is 7.85. The van der Waals surface area contributed by atoms with E-state index in [-0.39, 0.29) is 31.1 Å². The molecule has 7 heteroatoms. The Morgan fingerprint density at radius 1 is 1.38 bits per heavy atom. The Hall–Kier alpha value is -1.79. The molecule has 1 heterocycles. The number of nitrogens with one attached hydrogen (secondary N) is 1. The van der Waals surface area contributed by atoms with E-state index in [4.69, 9.17) is 5.11 Å². The molecule has 0 aromatic heterocycles. The van der Waals surface area contributed by atoms with Crippen molar-refractivity contribution < 1.29 is 19.5 Å². The highest BCUT2D eigenvalue weighted by Crippen LogP contribution is 2.17. The standard InChI is InChI=1S/C14H25N3O4/c1-4-16(9-12(18)15-10(2)3)14(21)17-7-5-6-11(8-17)13(19)20/h10-11H,4-9H2,1-3H3,(H,15,18)(H,19,20)/t11-/m0/s1. The minimum atomic E-state index is -0.868. The van der Waals surface area contributed by atoms with E-state index in [1.54, 1.807) is 6.92 Å². The van der Waals surface area contributed by atoms with Crippen LogP contribution in [0.2, 0.25) is 0 Å². The number of hydrogen-bond donors (Lipinski definition) is 2. The van der Waals surface area contributed by atoms with E-state index in [2.05, 4.69) is 5.32 Å². The quantitative estimate of drug-likeness (QED) is 0.784. The van der Waals surface area contributed by atoms with Crippen molar-refractivity contribution in [2.75, 3.05) is 26.2 Å². The van der Waals surface area contributed by atoms with Crippen molar-refractivity contribution in [2.24, 2.45) is 5.92 Å². The predicted molar refractivity (Wildman–Crippen MR) is 77.9 cm³/mol. The Bertz CT molecular complexity index is 398. The van der Waals surface area contributed by atoms with Gasteiger partial charge in [-0.05, 0) is 33.6 Å². The average Bonchev–Trinajstić information content (AvgIpc) is 2.43. The van der Waals surface area contributed by atoms with Crippen LogP contribution in [0.15, 0.2) is 0 Å². The van der Waals surface area contributed by atoms with Crippen molar-refractivity contribution in [3.8, 4) is 0 Å². The lowest BCUT2D eigenvalue weighted by atomic mass is 9.99. The zero-order valence-corrected chi connectivity index (χ0v) is 13.0. The third-order valence-electron chi connectivity index (χ3n) is 3.48. The summed E-state index contributed by atoms with van der Waals surface area (Å²) < 4.78 is 0. The molecule has 1 saturated heterocycles. The SMILES string of the molecule is CCN(CC(=O)NC(C)C)C(=O)N1CCC[C@H](C(=O)O)C1. The van der Waals surface area contributed by atoms with Gasteiger partial charge in [0.1, 0.15) is 6.54 Å². The second-order valence-electron chi connectivity index (χ2n) is 5.64. The van der Waals surface area contributed by atoms with E-state index in [0.29, 0.717) is 25.9 Å². The smallest absolute Gasteiger partial charge is 0.320 e. The van der Waals surface area contributed by atoms with Gasteiger partial charge in [-0.3, -0.25) is 9.59 Å². The normalized spacial score (nSPS) is 18.5. The molecular formula is C14H25N3O4. The number of rotatable bonds is 5. The molecule has 3 amide bonds. The number of likely N-dealkylation sites (tertiary alicyclic amines) is 1. The molecule has 21 heavy (non-hydrogen) atoms. The number of piperidine rings is 1. The molecule has 1 rings (SSSR count). The lowest BCUT2D eigenvalue weighted by Gasteiger charge is -2.34. The molecule has 0 saturated carbocycles. The predicted octanol–water partition coefficient (Wildman–Crippen LogP) is 0.750. The van der Waals surface area contributed by atoms with Gasteiger partial charge in [0.25, 0.3) is 0 Å². The van der Waals surface area contributed by atoms with Gasteiger partial charge in [-0.15, -0.1) is 0 Å². The van der Waals surface area contributed by atoms with Gasteiger partial charge in [0.15, 0.2) is 0 Å². The molecule has 0 aromatic carbocycles. The molecule has 0 radical (unpaired) electrons. The van der Waals surface area contributed by atoms with Crippen LogP contribution >= 0.6 is 0 Å². The lowest BCUT2D eigenvalue weighted by molar-refractivity contribution is -0.143. The summed E-state index contributed by atoms with van der Waals surface area (Å²) in [6, 6.07) is -0.236. The number of carbonyl (C=O) groups is 3. The topological polar surface area (TPSA) is 90.0 Å². The molecule has 0 aromatic rings. The summed E-state index contributed by atoms with van der Waals surface area (Å²) in [5, 5.41) is 11.8. The molecule has 120 valence electrons. The van der Waals surface area contributed by atoms with Crippen LogP contribution in [0.3, 0.4) is 0 Å². The number of carboxylic acid groups (broad SMARTS) is 1. The molecule has 0 spiro atoms. The number of hydrogen-bond acceptors (Lipinski definition) is 3. The number of amides is 3. The molecule has 0 unspecified atom stereocenters. The second-order valence-corrected chi connectivity index (χ2v) is 5.64. The molecule has 0 aliphatic carbocycles. The number of carbonyl (C=O) groups excluding carboxylic acids is 2. The Balaban J connectivity index is 2.61. The summed E-state index contributed by atoms with van der Waals surface area (Å²) in [5.41, 5.74) is 0. The highest BCUT2D eigenvalue weighted by Gasteiger charge is 2.30. The number of carboxylic acids is 1. The Morgan fingerprint density at radius 2 is 2.05 bits per heavy atom. The lowest BCUT2D eigenvalue weighted by Crippen LogP contribution is -2.51. The van der Waals surface area contributed by atoms with Crippen LogP contribution in [0.5, 0.6) is 0 Å². The fraction of sp³-hybridized carbons (Fsp3) is 0.786. The Kier molecular flexibility index (Phi) is 6.45. The number of urea groups is 1. The van der Waals surface area contributed by atoms with Crippen molar-refractivity contribution in [2.45, 2.75) is 39.7 Å². The summed E-state index contributed by atoms with van der Waals surface area (Å²) in [5.74, 6) is -1.58. The van der Waals surface area contributed by atoms with E-state index >= 15 is 0 Å². The Labute approximate surface area is 125 Å². The summed E-state index contributed by atoms with van der Waals surface area (Å²) in [7, 11) is 0. The minimum Gasteiger partial charge on any atom is -0.481 e. The van der Waals surface area contributed by atoms with Gasteiger partial charge in [0, 0.05) is 25.7 Å². The number of nitrogens with zero attached hydrogens (tertiary/aromatic N) is 2. The van der Waals surface area contributed by atoms with Gasteiger partial charge in [0.2, 0.25) is 5.91 Å². The Morgan fingerprint density at radius 3 is 2.57 bits per heavy atom.